The van der Waals surface area contributed by atoms with Crippen LogP contribution in [0.2, 0.25) is 0 Å². The van der Waals surface area contributed by atoms with Crippen LogP contribution in [0.5, 0.6) is 0 Å². The lowest BCUT2D eigenvalue weighted by atomic mass is 9.77. The molecule has 0 nitrogen and oxygen atoms in total. The van der Waals surface area contributed by atoms with E-state index >= 15 is 17.6 Å². The summed E-state index contributed by atoms with van der Waals surface area (Å²) in [5.74, 6) is -28.2. The maximum absolute atomic E-state index is 15.4. The molecular formula is C25H12F12. The van der Waals surface area contributed by atoms with E-state index in [4.69, 9.17) is 0 Å². The molecule has 12 heteroatoms. The lowest BCUT2D eigenvalue weighted by Crippen LogP contribution is -2.19. The molecule has 0 aliphatic carbocycles. The molecule has 0 amide bonds. The van der Waals surface area contributed by atoms with Gasteiger partial charge in [-0.2, -0.15) is 0 Å². The van der Waals surface area contributed by atoms with Gasteiger partial charge in [-0.15, -0.1) is 0 Å². The second-order valence-electron chi connectivity index (χ2n) is 9.27. The quantitative estimate of drug-likeness (QED) is 0.129. The van der Waals surface area contributed by atoms with Gasteiger partial charge in [0.25, 0.3) is 0 Å². The van der Waals surface area contributed by atoms with Crippen molar-refractivity contribution in [3.05, 3.63) is 80.9 Å². The summed E-state index contributed by atoms with van der Waals surface area (Å²) in [6.45, 7) is 4.08. The fourth-order valence-corrected chi connectivity index (χ4v) is 4.44. The van der Waals surface area contributed by atoms with Crippen molar-refractivity contribution in [1.29, 1.82) is 0 Å². The zero-order valence-electron chi connectivity index (χ0n) is 19.0. The summed E-state index contributed by atoms with van der Waals surface area (Å²) in [7, 11) is 0. The Bertz CT molecular complexity index is 1670. The third-order valence-electron chi connectivity index (χ3n) is 6.03. The van der Waals surface area contributed by atoms with Gasteiger partial charge in [0.2, 0.25) is 0 Å². The standard InChI is InChI=1S/C25H12F12/c1-5-6(8-10(16(29)13(5)26)18(31)23(36)21(34)14(8)27)7-9-11(19(32)24(37)22(35)15(9)28)17(30)20(33)12(7)25(2,3)4/h1-4H3. The van der Waals surface area contributed by atoms with Gasteiger partial charge in [0.05, 0.1) is 10.8 Å². The van der Waals surface area contributed by atoms with Gasteiger partial charge >= 0.3 is 0 Å². The number of hydrogen-bond acceptors (Lipinski definition) is 0. The van der Waals surface area contributed by atoms with Gasteiger partial charge in [-0.05, 0) is 23.5 Å². The Kier molecular flexibility index (Phi) is 5.96. The van der Waals surface area contributed by atoms with E-state index in [0.717, 1.165) is 20.8 Å². The Hall–Kier alpha value is -3.44. The molecule has 0 heterocycles. The first kappa shape index (κ1) is 26.6. The maximum atomic E-state index is 15.4. The molecule has 0 N–H and O–H groups in total. The van der Waals surface area contributed by atoms with Crippen LogP contribution >= 0.6 is 0 Å². The summed E-state index contributed by atoms with van der Waals surface area (Å²) in [5, 5.41) is -6.87. The molecule has 0 aliphatic rings. The molecule has 0 saturated heterocycles. The molecule has 0 radical (unpaired) electrons. The summed E-state index contributed by atoms with van der Waals surface area (Å²) in [5.41, 5.74) is -6.37. The lowest BCUT2D eigenvalue weighted by molar-refractivity contribution is 0.412. The molecule has 0 aromatic heterocycles. The van der Waals surface area contributed by atoms with Crippen molar-refractivity contribution in [1.82, 2.24) is 0 Å². The number of halogens is 12. The van der Waals surface area contributed by atoms with Crippen LogP contribution in [0.3, 0.4) is 0 Å². The molecule has 0 fully saturated rings. The van der Waals surface area contributed by atoms with Gasteiger partial charge in [0, 0.05) is 21.9 Å². The molecule has 0 aliphatic heterocycles. The monoisotopic (exact) mass is 540 g/mol. The highest BCUT2D eigenvalue weighted by Gasteiger charge is 2.38. The molecule has 0 bridgehead atoms. The van der Waals surface area contributed by atoms with Crippen molar-refractivity contribution < 1.29 is 52.7 Å². The van der Waals surface area contributed by atoms with E-state index in [1.807, 2.05) is 0 Å². The average molecular weight is 540 g/mol. The molecule has 0 spiro atoms. The van der Waals surface area contributed by atoms with Crippen LogP contribution in [0, 0.1) is 76.7 Å². The van der Waals surface area contributed by atoms with Gasteiger partial charge in [-0.3, -0.25) is 0 Å². The van der Waals surface area contributed by atoms with E-state index in [1.165, 1.54) is 0 Å². The first-order chi connectivity index (χ1) is 17.0. The highest BCUT2D eigenvalue weighted by molar-refractivity contribution is 6.09. The normalized spacial score (nSPS) is 12.3. The Morgan fingerprint density at radius 2 is 0.649 bits per heavy atom. The third-order valence-corrected chi connectivity index (χ3v) is 6.03. The zero-order valence-corrected chi connectivity index (χ0v) is 19.0. The Morgan fingerprint density at radius 3 is 1.03 bits per heavy atom. The maximum Gasteiger partial charge on any atom is 0.198 e. The minimum Gasteiger partial charge on any atom is -0.203 e. The molecule has 37 heavy (non-hydrogen) atoms. The van der Waals surface area contributed by atoms with Crippen molar-refractivity contribution in [3.8, 4) is 11.1 Å². The fraction of sp³-hybridized carbons (Fsp3) is 0.200. The predicted molar refractivity (Wildman–Crippen MR) is 110 cm³/mol. The van der Waals surface area contributed by atoms with Crippen LogP contribution in [0.1, 0.15) is 31.9 Å². The topological polar surface area (TPSA) is 0 Å². The van der Waals surface area contributed by atoms with Crippen LogP contribution in [0.15, 0.2) is 0 Å². The summed E-state index contributed by atoms with van der Waals surface area (Å²) in [6, 6.07) is 0. The Labute approximate surface area is 200 Å². The number of hydrogen-bond donors (Lipinski definition) is 0. The van der Waals surface area contributed by atoms with Gasteiger partial charge < -0.3 is 0 Å². The van der Waals surface area contributed by atoms with Crippen molar-refractivity contribution in [2.45, 2.75) is 33.1 Å². The van der Waals surface area contributed by atoms with Gasteiger partial charge in [0.15, 0.2) is 69.8 Å². The molecule has 4 aromatic rings. The first-order valence-electron chi connectivity index (χ1n) is 10.3. The summed E-state index contributed by atoms with van der Waals surface area (Å²) in [6.07, 6.45) is 0. The molecular weight excluding hydrogens is 528 g/mol. The minimum absolute atomic E-state index is 0.652. The average Bonchev–Trinajstić information content (AvgIpc) is 2.82. The molecule has 0 unspecified atom stereocenters. The number of rotatable bonds is 1. The summed E-state index contributed by atoms with van der Waals surface area (Å²) >= 11 is 0. The largest absolute Gasteiger partial charge is 0.203 e. The Morgan fingerprint density at radius 1 is 0.351 bits per heavy atom. The molecule has 4 aromatic carbocycles. The van der Waals surface area contributed by atoms with E-state index in [0.29, 0.717) is 6.92 Å². The minimum atomic E-state index is -2.56. The lowest BCUT2D eigenvalue weighted by Gasteiger charge is -2.28. The highest BCUT2D eigenvalue weighted by Crippen LogP contribution is 2.49. The van der Waals surface area contributed by atoms with Crippen LogP contribution in [0.4, 0.5) is 52.7 Å². The molecule has 0 saturated carbocycles. The van der Waals surface area contributed by atoms with Crippen LogP contribution in [0.25, 0.3) is 32.7 Å². The molecule has 4 rings (SSSR count). The van der Waals surface area contributed by atoms with E-state index in [2.05, 4.69) is 0 Å². The van der Waals surface area contributed by atoms with Crippen molar-refractivity contribution >= 4 is 21.5 Å². The van der Waals surface area contributed by atoms with Crippen LogP contribution in [-0.2, 0) is 5.41 Å². The van der Waals surface area contributed by atoms with Gasteiger partial charge in [-0.1, -0.05) is 20.8 Å². The van der Waals surface area contributed by atoms with Gasteiger partial charge in [0.1, 0.15) is 0 Å². The fourth-order valence-electron chi connectivity index (χ4n) is 4.44. The van der Waals surface area contributed by atoms with E-state index in [9.17, 15) is 35.1 Å². The second-order valence-corrected chi connectivity index (χ2v) is 9.27. The molecule has 196 valence electrons. The SMILES string of the molecule is Cc1c(F)c(F)c2c(F)c(F)c(F)c(F)c2c1-c1c(C(C)(C)C)c(F)c(F)c2c(F)c(F)c(F)c(F)c12. The van der Waals surface area contributed by atoms with Crippen molar-refractivity contribution in [2.75, 3.05) is 0 Å². The highest BCUT2D eigenvalue weighted by atomic mass is 19.2. The van der Waals surface area contributed by atoms with Crippen LogP contribution < -0.4 is 0 Å². The molecule has 0 atom stereocenters. The van der Waals surface area contributed by atoms with Gasteiger partial charge in [-0.25, -0.2) is 52.7 Å². The van der Waals surface area contributed by atoms with E-state index < -0.39 is 119 Å². The van der Waals surface area contributed by atoms with Crippen molar-refractivity contribution in [2.24, 2.45) is 0 Å². The smallest absolute Gasteiger partial charge is 0.198 e. The van der Waals surface area contributed by atoms with Crippen LogP contribution in [-0.4, -0.2) is 0 Å². The third kappa shape index (κ3) is 3.40. The van der Waals surface area contributed by atoms with Crippen molar-refractivity contribution in [3.63, 3.8) is 0 Å². The summed E-state index contributed by atoms with van der Waals surface area (Å²) < 4.78 is 176. The Balaban J connectivity index is 2.55. The number of fused-ring (bicyclic) bond motifs is 2. The number of benzene rings is 4. The zero-order chi connectivity index (χ0) is 28.0. The van der Waals surface area contributed by atoms with E-state index in [1.54, 1.807) is 0 Å². The summed E-state index contributed by atoms with van der Waals surface area (Å²) in [4.78, 5) is 0. The predicted octanol–water partition coefficient (Wildman–Crippen LogP) is 8.94. The second kappa shape index (κ2) is 8.29. The van der Waals surface area contributed by atoms with E-state index in [-0.39, 0.29) is 0 Å². The first-order valence-corrected chi connectivity index (χ1v) is 10.3.